The Kier molecular flexibility index (Phi) is 3.41. The van der Waals surface area contributed by atoms with E-state index in [2.05, 4.69) is 5.32 Å². The third kappa shape index (κ3) is 2.61. The normalized spacial score (nSPS) is 30.8. The van der Waals surface area contributed by atoms with Gasteiger partial charge in [0.15, 0.2) is 0 Å². The van der Waals surface area contributed by atoms with Crippen LogP contribution in [0.15, 0.2) is 24.3 Å². The SMILES string of the molecule is COc1cccc(OC2CC3CCCC(C2)N3)c1. The summed E-state index contributed by atoms with van der Waals surface area (Å²) in [5.74, 6) is 1.79. The van der Waals surface area contributed by atoms with Crippen LogP contribution in [0.25, 0.3) is 0 Å². The maximum atomic E-state index is 6.11. The fourth-order valence-electron chi connectivity index (χ4n) is 3.18. The molecule has 1 aromatic carbocycles. The lowest BCUT2D eigenvalue weighted by Crippen LogP contribution is -2.51. The zero-order valence-corrected chi connectivity index (χ0v) is 10.9. The maximum absolute atomic E-state index is 6.11. The molecule has 0 aromatic heterocycles. The van der Waals surface area contributed by atoms with E-state index in [1.165, 1.54) is 19.3 Å². The molecule has 18 heavy (non-hydrogen) atoms. The van der Waals surface area contributed by atoms with Gasteiger partial charge in [-0.3, -0.25) is 0 Å². The van der Waals surface area contributed by atoms with E-state index < -0.39 is 0 Å². The van der Waals surface area contributed by atoms with E-state index in [-0.39, 0.29) is 0 Å². The van der Waals surface area contributed by atoms with Crippen molar-refractivity contribution in [3.05, 3.63) is 24.3 Å². The van der Waals surface area contributed by atoms with Crippen LogP contribution in [0.3, 0.4) is 0 Å². The van der Waals surface area contributed by atoms with Crippen LogP contribution in [0.2, 0.25) is 0 Å². The smallest absolute Gasteiger partial charge is 0.123 e. The van der Waals surface area contributed by atoms with Crippen LogP contribution in [0, 0.1) is 0 Å². The first-order valence-electron chi connectivity index (χ1n) is 6.90. The summed E-state index contributed by atoms with van der Waals surface area (Å²) in [6.45, 7) is 0. The predicted molar refractivity (Wildman–Crippen MR) is 71.2 cm³/mol. The highest BCUT2D eigenvalue weighted by Gasteiger charge is 2.32. The first-order chi connectivity index (χ1) is 8.83. The molecule has 1 N–H and O–H groups in total. The molecular weight excluding hydrogens is 226 g/mol. The van der Waals surface area contributed by atoms with Crippen molar-refractivity contribution in [2.75, 3.05) is 7.11 Å². The zero-order valence-electron chi connectivity index (χ0n) is 10.9. The monoisotopic (exact) mass is 247 g/mol. The van der Waals surface area contributed by atoms with Gasteiger partial charge in [0, 0.05) is 18.2 Å². The summed E-state index contributed by atoms with van der Waals surface area (Å²) >= 11 is 0. The van der Waals surface area contributed by atoms with Gasteiger partial charge < -0.3 is 14.8 Å². The topological polar surface area (TPSA) is 30.5 Å². The molecule has 2 atom stereocenters. The van der Waals surface area contributed by atoms with Crippen LogP contribution in [0.5, 0.6) is 11.5 Å². The van der Waals surface area contributed by atoms with Crippen LogP contribution in [-0.2, 0) is 0 Å². The lowest BCUT2D eigenvalue weighted by Gasteiger charge is -2.40. The predicted octanol–water partition coefficient (Wildman–Crippen LogP) is 2.75. The Morgan fingerprint density at radius 2 is 1.83 bits per heavy atom. The summed E-state index contributed by atoms with van der Waals surface area (Å²) < 4.78 is 11.3. The van der Waals surface area contributed by atoms with Crippen LogP contribution in [0.1, 0.15) is 32.1 Å². The van der Waals surface area contributed by atoms with Gasteiger partial charge in [0.05, 0.1) is 7.11 Å². The van der Waals surface area contributed by atoms with Gasteiger partial charge >= 0.3 is 0 Å². The van der Waals surface area contributed by atoms with E-state index in [1.807, 2.05) is 24.3 Å². The third-order valence-corrected chi connectivity index (χ3v) is 4.02. The molecule has 1 aromatic rings. The van der Waals surface area contributed by atoms with Crippen LogP contribution in [0.4, 0.5) is 0 Å². The lowest BCUT2D eigenvalue weighted by atomic mass is 9.85. The standard InChI is InChI=1S/C15H21NO2/c1-17-13-6-3-7-14(10-13)18-15-8-11-4-2-5-12(9-15)16-11/h3,6-7,10-12,15-16H,2,4-5,8-9H2,1H3. The molecule has 2 unspecified atom stereocenters. The first kappa shape index (κ1) is 11.8. The molecule has 3 heteroatoms. The molecule has 0 amide bonds. The number of methoxy groups -OCH3 is 1. The van der Waals surface area contributed by atoms with Gasteiger partial charge in [0.2, 0.25) is 0 Å². The summed E-state index contributed by atoms with van der Waals surface area (Å²) in [6, 6.07) is 9.24. The molecule has 0 saturated carbocycles. The minimum Gasteiger partial charge on any atom is -0.497 e. The molecule has 2 bridgehead atoms. The number of rotatable bonds is 3. The molecule has 3 nitrogen and oxygen atoms in total. The summed E-state index contributed by atoms with van der Waals surface area (Å²) in [6.07, 6.45) is 6.59. The van der Waals surface area contributed by atoms with Crippen molar-refractivity contribution >= 4 is 0 Å². The number of benzene rings is 1. The molecule has 3 rings (SSSR count). The average Bonchev–Trinajstić information content (AvgIpc) is 2.38. The Morgan fingerprint density at radius 1 is 1.11 bits per heavy atom. The zero-order chi connectivity index (χ0) is 12.4. The highest BCUT2D eigenvalue weighted by molar-refractivity contribution is 5.33. The molecule has 2 fully saturated rings. The van der Waals surface area contributed by atoms with Gasteiger partial charge in [-0.25, -0.2) is 0 Å². The number of nitrogens with one attached hydrogen (secondary N) is 1. The Bertz CT molecular complexity index is 395. The van der Waals surface area contributed by atoms with E-state index >= 15 is 0 Å². The van der Waals surface area contributed by atoms with E-state index in [1.54, 1.807) is 7.11 Å². The molecule has 2 saturated heterocycles. The van der Waals surface area contributed by atoms with Crippen LogP contribution >= 0.6 is 0 Å². The number of ether oxygens (including phenoxy) is 2. The first-order valence-corrected chi connectivity index (χ1v) is 6.90. The van der Waals surface area contributed by atoms with E-state index in [0.717, 1.165) is 24.3 Å². The van der Waals surface area contributed by atoms with Crippen molar-refractivity contribution in [3.63, 3.8) is 0 Å². The second kappa shape index (κ2) is 5.19. The number of fused-ring (bicyclic) bond motifs is 2. The molecule has 2 aliphatic heterocycles. The van der Waals surface area contributed by atoms with Crippen molar-refractivity contribution in [1.82, 2.24) is 5.32 Å². The number of hydrogen-bond donors (Lipinski definition) is 1. The number of hydrogen-bond acceptors (Lipinski definition) is 3. The van der Waals surface area contributed by atoms with Crippen molar-refractivity contribution in [2.45, 2.75) is 50.3 Å². The molecule has 98 valence electrons. The highest BCUT2D eigenvalue weighted by atomic mass is 16.5. The highest BCUT2D eigenvalue weighted by Crippen LogP contribution is 2.29. The minimum atomic E-state index is 0.355. The second-order valence-corrected chi connectivity index (χ2v) is 5.38. The van der Waals surface area contributed by atoms with E-state index in [0.29, 0.717) is 18.2 Å². The molecular formula is C15H21NO2. The van der Waals surface area contributed by atoms with Gasteiger partial charge in [-0.2, -0.15) is 0 Å². The van der Waals surface area contributed by atoms with Crippen molar-refractivity contribution in [3.8, 4) is 11.5 Å². The fraction of sp³-hybridized carbons (Fsp3) is 0.600. The molecule has 0 radical (unpaired) electrons. The van der Waals surface area contributed by atoms with Crippen molar-refractivity contribution in [2.24, 2.45) is 0 Å². The number of piperidine rings is 2. The minimum absolute atomic E-state index is 0.355. The van der Waals surface area contributed by atoms with Gasteiger partial charge in [-0.1, -0.05) is 12.5 Å². The summed E-state index contributed by atoms with van der Waals surface area (Å²) in [4.78, 5) is 0. The lowest BCUT2D eigenvalue weighted by molar-refractivity contribution is 0.0925. The average molecular weight is 247 g/mol. The third-order valence-electron chi connectivity index (χ3n) is 4.02. The van der Waals surface area contributed by atoms with Gasteiger partial charge in [0.1, 0.15) is 17.6 Å². The van der Waals surface area contributed by atoms with Crippen LogP contribution < -0.4 is 14.8 Å². The largest absolute Gasteiger partial charge is 0.497 e. The Morgan fingerprint density at radius 3 is 2.56 bits per heavy atom. The van der Waals surface area contributed by atoms with Crippen molar-refractivity contribution in [1.29, 1.82) is 0 Å². The van der Waals surface area contributed by atoms with Crippen molar-refractivity contribution < 1.29 is 9.47 Å². The molecule has 2 aliphatic rings. The van der Waals surface area contributed by atoms with Crippen LogP contribution in [-0.4, -0.2) is 25.3 Å². The summed E-state index contributed by atoms with van der Waals surface area (Å²) in [5.41, 5.74) is 0. The van der Waals surface area contributed by atoms with Gasteiger partial charge in [-0.05, 0) is 37.8 Å². The summed E-state index contributed by atoms with van der Waals surface area (Å²) in [7, 11) is 1.69. The molecule has 0 spiro atoms. The fourth-order valence-corrected chi connectivity index (χ4v) is 3.18. The Labute approximate surface area is 108 Å². The Balaban J connectivity index is 1.65. The van der Waals surface area contributed by atoms with Gasteiger partial charge in [-0.15, -0.1) is 0 Å². The van der Waals surface area contributed by atoms with Gasteiger partial charge in [0.25, 0.3) is 0 Å². The summed E-state index contributed by atoms with van der Waals surface area (Å²) in [5, 5.41) is 3.69. The Hall–Kier alpha value is -1.22. The molecule has 0 aliphatic carbocycles. The van der Waals surface area contributed by atoms with E-state index in [9.17, 15) is 0 Å². The second-order valence-electron chi connectivity index (χ2n) is 5.38. The maximum Gasteiger partial charge on any atom is 0.123 e. The van der Waals surface area contributed by atoms with E-state index in [4.69, 9.17) is 9.47 Å². The quantitative estimate of drug-likeness (QED) is 0.891. The molecule has 2 heterocycles.